The summed E-state index contributed by atoms with van der Waals surface area (Å²) in [7, 11) is 3.60. The van der Waals surface area contributed by atoms with Crippen molar-refractivity contribution in [3.63, 3.8) is 0 Å². The van der Waals surface area contributed by atoms with Gasteiger partial charge in [0.25, 0.3) is 22.4 Å². The fourth-order valence-corrected chi connectivity index (χ4v) is 9.86. The van der Waals surface area contributed by atoms with Crippen molar-refractivity contribution >= 4 is 29.8 Å². The fourth-order valence-electron chi connectivity index (χ4n) is 9.86. The number of esters is 5. The van der Waals surface area contributed by atoms with Crippen molar-refractivity contribution in [1.29, 1.82) is 0 Å². The van der Waals surface area contributed by atoms with E-state index in [1.807, 2.05) is 0 Å². The minimum atomic E-state index is -5.54. The first-order valence-corrected chi connectivity index (χ1v) is 28.0. The standard InChI is InChI=1S/C65H66F12O15/c1-43(88-54(79)58(84-3,62(66,67)68)44-29-15-8-16-30-44)28-14-7-26-40-50-53(92-57(82)61(87-6,65(75,76)77)47-35-21-11-22-36-47)51(91-50)42-49(90-56(81)60(86-5,64(72,73)74)46-33-19-10-20-34-46)39-25-12-23-37-48(38-24-13-27-41-52(78)83-2)89-55(80)59(85-4,63(69,70)71)45-31-17-9-18-32-45/h8-13,15-27,29-37,40-41,43,48-51,53H,7,14,28,38-39,42H2,1-6H3/b24-13+,25-12-,37-23+,40-26+,41-27-/t43-,48-,49+,50+,51-,53+,58+,59+,60+,61+/m1/s1. The Hall–Kier alpha value is -8.11. The molecule has 4 aromatic carbocycles. The summed E-state index contributed by atoms with van der Waals surface area (Å²) in [6.07, 6.45) is -20.7. The van der Waals surface area contributed by atoms with Crippen molar-refractivity contribution in [2.45, 2.75) is 129 Å². The largest absolute Gasteiger partial charge is 0.466 e. The van der Waals surface area contributed by atoms with Crippen molar-refractivity contribution in [1.82, 2.24) is 0 Å². The van der Waals surface area contributed by atoms with Crippen LogP contribution in [0.25, 0.3) is 0 Å². The Balaban J connectivity index is 1.50. The molecule has 92 heavy (non-hydrogen) atoms. The van der Waals surface area contributed by atoms with Gasteiger partial charge in [0.15, 0.2) is 6.10 Å². The molecule has 0 aliphatic carbocycles. The van der Waals surface area contributed by atoms with E-state index >= 15 is 26.3 Å². The molecule has 1 saturated heterocycles. The summed E-state index contributed by atoms with van der Waals surface area (Å²) in [6.45, 7) is 1.32. The Morgan fingerprint density at radius 3 is 1.29 bits per heavy atom. The van der Waals surface area contributed by atoms with Crippen LogP contribution in [0, 0.1) is 0 Å². The lowest BCUT2D eigenvalue weighted by Gasteiger charge is -2.45. The van der Waals surface area contributed by atoms with E-state index in [0.717, 1.165) is 79.9 Å². The van der Waals surface area contributed by atoms with Crippen LogP contribution in [-0.2, 0) is 93.7 Å². The van der Waals surface area contributed by atoms with Gasteiger partial charge < -0.3 is 47.4 Å². The molecule has 15 nitrogen and oxygen atoms in total. The van der Waals surface area contributed by atoms with Crippen LogP contribution in [0.4, 0.5) is 52.7 Å². The highest BCUT2D eigenvalue weighted by Crippen LogP contribution is 2.48. The summed E-state index contributed by atoms with van der Waals surface area (Å²) in [5.41, 5.74) is -17.4. The number of ether oxygens (including phenoxy) is 10. The molecule has 0 N–H and O–H groups in total. The first-order valence-electron chi connectivity index (χ1n) is 28.0. The van der Waals surface area contributed by atoms with Gasteiger partial charge in [0.2, 0.25) is 0 Å². The number of unbranched alkanes of at least 4 members (excludes halogenated alkanes) is 1. The number of carbonyl (C=O) groups excluding carboxylic acids is 5. The van der Waals surface area contributed by atoms with Crippen molar-refractivity contribution in [3.8, 4) is 0 Å². The summed E-state index contributed by atoms with van der Waals surface area (Å²) in [5.74, 6) is -8.50. The predicted octanol–water partition coefficient (Wildman–Crippen LogP) is 13.1. The molecular weight excluding hydrogens is 1250 g/mol. The van der Waals surface area contributed by atoms with E-state index in [9.17, 15) is 50.3 Å². The summed E-state index contributed by atoms with van der Waals surface area (Å²) in [6, 6.07) is 23.0. The first kappa shape index (κ1) is 74.6. The topological polar surface area (TPSA) is 178 Å². The number of alkyl halides is 12. The SMILES string of the molecule is COC(=O)/C=C\C=C\C[C@@H](/C=C/C=C\C[C@@H](C[C@H]1O[C@@H](/C=C/CCC[C@@H](C)OC(=O)[C@@](OC)(c2ccccc2)C(F)(F)F)[C@@H]1OC(=O)[C@@](OC)(c1ccccc1)C(F)(F)F)OC(=O)[C@@](OC)(c1ccccc1)C(F)(F)F)OC(=O)[C@@](OC)(c1ccccc1)C(F)(F)F. The van der Waals surface area contributed by atoms with E-state index < -0.39 is 149 Å². The number of hydrogen-bond donors (Lipinski definition) is 0. The van der Waals surface area contributed by atoms with Gasteiger partial charge in [-0.25, -0.2) is 24.0 Å². The number of hydrogen-bond acceptors (Lipinski definition) is 15. The summed E-state index contributed by atoms with van der Waals surface area (Å²) in [4.78, 5) is 66.9. The molecule has 0 bridgehead atoms. The molecule has 0 unspecified atom stereocenters. The van der Waals surface area contributed by atoms with Gasteiger partial charge in [-0.3, -0.25) is 0 Å². The Morgan fingerprint density at radius 1 is 0.489 bits per heavy atom. The number of carbonyl (C=O) groups is 5. The summed E-state index contributed by atoms with van der Waals surface area (Å²) < 4.78 is 232. The maximum atomic E-state index is 15.3. The van der Waals surface area contributed by atoms with E-state index in [1.54, 1.807) is 0 Å². The number of methoxy groups -OCH3 is 5. The average molecular weight is 1320 g/mol. The van der Waals surface area contributed by atoms with E-state index in [1.165, 1.54) is 116 Å². The molecule has 0 spiro atoms. The number of halogens is 12. The lowest BCUT2D eigenvalue weighted by atomic mass is 9.90. The number of allylic oxidation sites excluding steroid dienone is 5. The molecule has 10 atom stereocenters. The van der Waals surface area contributed by atoms with Crippen molar-refractivity contribution < 1.29 is 124 Å². The molecule has 1 fully saturated rings. The van der Waals surface area contributed by atoms with Crippen LogP contribution in [0.1, 0.15) is 67.7 Å². The molecule has 500 valence electrons. The van der Waals surface area contributed by atoms with Gasteiger partial charge in [-0.2, -0.15) is 52.7 Å². The van der Waals surface area contributed by atoms with E-state index in [0.29, 0.717) is 28.4 Å². The zero-order valence-electron chi connectivity index (χ0n) is 50.2. The zero-order valence-corrected chi connectivity index (χ0v) is 50.2. The molecule has 4 aromatic rings. The van der Waals surface area contributed by atoms with Gasteiger partial charge in [-0.15, -0.1) is 0 Å². The van der Waals surface area contributed by atoms with Gasteiger partial charge in [0.1, 0.15) is 24.4 Å². The minimum Gasteiger partial charge on any atom is -0.466 e. The average Bonchev–Trinajstić information content (AvgIpc) is 0.777. The molecule has 5 rings (SSSR count). The number of rotatable bonds is 31. The molecule has 0 saturated carbocycles. The van der Waals surface area contributed by atoms with Gasteiger partial charge >= 0.3 is 54.6 Å². The molecule has 0 radical (unpaired) electrons. The van der Waals surface area contributed by atoms with Crippen LogP contribution >= 0.6 is 0 Å². The van der Waals surface area contributed by atoms with Crippen LogP contribution in [0.3, 0.4) is 0 Å². The normalized spacial score (nSPS) is 19.5. The van der Waals surface area contributed by atoms with E-state index in [4.69, 9.17) is 42.6 Å². The van der Waals surface area contributed by atoms with Crippen LogP contribution in [-0.4, -0.2) is 127 Å². The molecule has 0 amide bonds. The third kappa shape index (κ3) is 16.9. The smallest absolute Gasteiger partial charge is 0.432 e. The van der Waals surface area contributed by atoms with Gasteiger partial charge in [0, 0.05) is 76.0 Å². The van der Waals surface area contributed by atoms with E-state index in [2.05, 4.69) is 4.74 Å². The van der Waals surface area contributed by atoms with Crippen LogP contribution in [0.5, 0.6) is 0 Å². The number of benzene rings is 4. The molecule has 27 heteroatoms. The maximum absolute atomic E-state index is 15.3. The van der Waals surface area contributed by atoms with Crippen molar-refractivity contribution in [2.24, 2.45) is 0 Å². The highest BCUT2D eigenvalue weighted by atomic mass is 19.4. The van der Waals surface area contributed by atoms with Crippen molar-refractivity contribution in [2.75, 3.05) is 35.5 Å². The monoisotopic (exact) mass is 1310 g/mol. The molecule has 1 aliphatic heterocycles. The zero-order chi connectivity index (χ0) is 68.2. The second kappa shape index (κ2) is 32.4. The van der Waals surface area contributed by atoms with Gasteiger partial charge in [0.05, 0.1) is 13.2 Å². The second-order valence-electron chi connectivity index (χ2n) is 20.4. The molecule has 0 aromatic heterocycles. The van der Waals surface area contributed by atoms with Crippen LogP contribution in [0.2, 0.25) is 0 Å². The first-order chi connectivity index (χ1) is 43.4. The maximum Gasteiger partial charge on any atom is 0.432 e. The quantitative estimate of drug-likeness (QED) is 0.00883. The molecular formula is C65H66F12O15. The van der Waals surface area contributed by atoms with Gasteiger partial charge in [-0.1, -0.05) is 170 Å². The highest BCUT2D eigenvalue weighted by Gasteiger charge is 2.68. The summed E-state index contributed by atoms with van der Waals surface area (Å²) in [5, 5.41) is 0. The Bertz CT molecular complexity index is 3190. The predicted molar refractivity (Wildman–Crippen MR) is 304 cm³/mol. The van der Waals surface area contributed by atoms with Gasteiger partial charge in [-0.05, 0) is 32.3 Å². The lowest BCUT2D eigenvalue weighted by molar-refractivity contribution is -0.293. The van der Waals surface area contributed by atoms with E-state index in [-0.39, 0.29) is 25.7 Å². The third-order valence-electron chi connectivity index (χ3n) is 14.6. The summed E-state index contributed by atoms with van der Waals surface area (Å²) >= 11 is 0. The fraction of sp³-hybridized carbons (Fsp3) is 0.400. The highest BCUT2D eigenvalue weighted by molar-refractivity contribution is 5.85. The third-order valence-corrected chi connectivity index (χ3v) is 14.6. The second-order valence-corrected chi connectivity index (χ2v) is 20.4. The Labute approximate surface area is 521 Å². The van der Waals surface area contributed by atoms with Crippen LogP contribution in [0.15, 0.2) is 182 Å². The van der Waals surface area contributed by atoms with Crippen LogP contribution < -0.4 is 0 Å². The van der Waals surface area contributed by atoms with Crippen molar-refractivity contribution in [3.05, 3.63) is 204 Å². The lowest BCUT2D eigenvalue weighted by Crippen LogP contribution is -2.60. The minimum absolute atomic E-state index is 0.0228. The molecule has 1 heterocycles. The Morgan fingerprint density at radius 2 is 0.880 bits per heavy atom. The Kier molecular flexibility index (Phi) is 26.3. The molecule has 1 aliphatic rings.